The zero-order valence-corrected chi connectivity index (χ0v) is 52.5. The number of aryl methyl sites for hydroxylation is 2. The fourth-order valence-electron chi connectivity index (χ4n) is 7.82. The molecular weight excluding hydrogens is 1180 g/mol. The Morgan fingerprint density at radius 2 is 1.01 bits per heavy atom. The van der Waals surface area contributed by atoms with Gasteiger partial charge >= 0.3 is 18.2 Å². The average molecular weight is 1270 g/mol. The number of nitrogen functional groups attached to an aromatic ring is 4. The van der Waals surface area contributed by atoms with E-state index in [1.54, 1.807) is 41.5 Å². The van der Waals surface area contributed by atoms with E-state index in [1.165, 1.54) is 0 Å². The highest BCUT2D eigenvalue weighted by molar-refractivity contribution is 6.32. The van der Waals surface area contributed by atoms with E-state index in [4.69, 9.17) is 74.6 Å². The van der Waals surface area contributed by atoms with E-state index in [1.807, 2.05) is 48.5 Å². The smallest absolute Gasteiger partial charge is 0.435 e. The minimum Gasteiger partial charge on any atom is -0.491 e. The number of unbranched alkanes of at least 4 members (excludes halogenated alkanes) is 5. The van der Waals surface area contributed by atoms with Crippen LogP contribution >= 0.6 is 23.2 Å². The van der Waals surface area contributed by atoms with Crippen LogP contribution in [0.4, 0.5) is 37.7 Å². The molecule has 2 aromatic carbocycles. The van der Waals surface area contributed by atoms with E-state index in [2.05, 4.69) is 56.5 Å². The molecular formula is C59H85Cl2N15O12. The number of amides is 6. The monoisotopic (exact) mass is 1270 g/mol. The Hall–Kier alpha value is -8.14. The third kappa shape index (κ3) is 30.5. The van der Waals surface area contributed by atoms with Crippen molar-refractivity contribution >= 4 is 94.1 Å². The predicted molar refractivity (Wildman–Crippen MR) is 337 cm³/mol. The van der Waals surface area contributed by atoms with Crippen LogP contribution in [0.25, 0.3) is 0 Å². The van der Waals surface area contributed by atoms with Gasteiger partial charge in [-0.2, -0.15) is 4.99 Å². The Balaban J connectivity index is 0.953. The van der Waals surface area contributed by atoms with Gasteiger partial charge in [0.2, 0.25) is 5.96 Å². The first kappa shape index (κ1) is 72.3. The number of aliphatic imine (C=N–C) groups is 2. The van der Waals surface area contributed by atoms with Crippen LogP contribution in [0.2, 0.25) is 10.3 Å². The largest absolute Gasteiger partial charge is 0.491 e. The van der Waals surface area contributed by atoms with Gasteiger partial charge in [-0.05, 0) is 135 Å². The quantitative estimate of drug-likeness (QED) is 0.0121. The highest BCUT2D eigenvalue weighted by Crippen LogP contribution is 2.21. The lowest BCUT2D eigenvalue weighted by Gasteiger charge is -2.20. The van der Waals surface area contributed by atoms with Crippen molar-refractivity contribution in [3.8, 4) is 11.5 Å². The lowest BCUT2D eigenvalue weighted by Crippen LogP contribution is -2.46. The number of nitrogens with zero attached hydrogens (tertiary/aromatic N) is 6. The number of halogens is 2. The van der Waals surface area contributed by atoms with Crippen molar-refractivity contribution in [2.75, 3.05) is 82.2 Å². The van der Waals surface area contributed by atoms with Crippen molar-refractivity contribution in [2.24, 2.45) is 9.98 Å². The topological polar surface area (TPSA) is 398 Å². The number of ether oxygens (including phenoxy) is 6. The molecule has 482 valence electrons. The summed E-state index contributed by atoms with van der Waals surface area (Å²) in [6.07, 6.45) is 7.67. The van der Waals surface area contributed by atoms with E-state index in [0.29, 0.717) is 96.3 Å². The molecule has 29 heteroatoms. The number of hydrogen-bond acceptors (Lipinski definition) is 21. The Morgan fingerprint density at radius 3 is 1.58 bits per heavy atom. The Labute approximate surface area is 523 Å². The maximum Gasteiger partial charge on any atom is 0.435 e. The molecule has 0 aliphatic heterocycles. The Morgan fingerprint density at radius 1 is 0.511 bits per heavy atom. The van der Waals surface area contributed by atoms with Gasteiger partial charge in [0.15, 0.2) is 45.0 Å². The average Bonchev–Trinajstić information content (AvgIpc) is 2.87. The maximum atomic E-state index is 13.0. The highest BCUT2D eigenvalue weighted by atomic mass is 35.5. The number of ketones is 1. The number of carbonyl (C=O) groups excluding carboxylic acids is 6. The molecule has 13 N–H and O–H groups in total. The molecule has 88 heavy (non-hydrogen) atoms. The maximum absolute atomic E-state index is 13.0. The van der Waals surface area contributed by atoms with Crippen molar-refractivity contribution in [1.29, 1.82) is 0 Å². The number of hydrogen-bond donors (Lipinski definition) is 9. The van der Waals surface area contributed by atoms with Gasteiger partial charge in [0.25, 0.3) is 11.8 Å². The van der Waals surface area contributed by atoms with Gasteiger partial charge in [-0.25, -0.2) is 34.3 Å². The number of amidine groups is 1. The van der Waals surface area contributed by atoms with Crippen molar-refractivity contribution in [3.05, 3.63) is 81.4 Å². The SMILES string of the molecule is CC(C)(C)OC(=O)N=C(CCCCCc1ccc(OCCOCCNC(=O)NCCCCCC(=O)CCCOCCOc2ccc(CCCCN=C(NC(=O)OC(C)(C)C)NC(=O)c3nc(Cl)c(N)nc3N)cc2)cc1)NC(=O)c1nc(Cl)c(N)nc1N. The number of aromatic nitrogens is 4. The third-order valence-electron chi connectivity index (χ3n) is 12.0. The standard InChI is InChI=1S/C59H85Cl2N15O12/c1-58(2,3)87-56(81)70-43(69-52(78)44-48(62)73-50(64)46(60)71-44)20-11-7-9-16-38-21-25-42(26-22-38)86-37-35-84-33-31-68-55(80)67-30-13-8-10-18-40(77)19-15-32-83-34-36-85-41-27-23-39(24-28-41)17-12-14-29-66-54(76-57(82)88-59(4,5)6)75-53(79)45-49(63)74-51(65)47(61)72-45/h21-28H,7-20,29-37H2,1-6H3,(H4,62,64,73)(H4,63,65,74)(H2,67,68,80)(H,69,70,78,81)(H2,66,75,76,79,82). The first-order chi connectivity index (χ1) is 41.8. The fraction of sp³-hybridized carbons (Fsp3) is 0.525. The Kier molecular flexibility index (Phi) is 31.4. The van der Waals surface area contributed by atoms with E-state index in [-0.39, 0.29) is 81.5 Å². The second kappa shape index (κ2) is 38.2. The first-order valence-electron chi connectivity index (χ1n) is 29.1. The first-order valence-corrected chi connectivity index (χ1v) is 29.9. The van der Waals surface area contributed by atoms with E-state index >= 15 is 0 Å². The summed E-state index contributed by atoms with van der Waals surface area (Å²) in [6.45, 7) is 13.6. The second-order valence-corrected chi connectivity index (χ2v) is 22.7. The number of benzene rings is 2. The van der Waals surface area contributed by atoms with Gasteiger partial charge in [0, 0.05) is 45.5 Å². The molecule has 0 unspecified atom stereocenters. The van der Waals surface area contributed by atoms with Crippen molar-refractivity contribution < 1.29 is 57.2 Å². The van der Waals surface area contributed by atoms with Crippen LogP contribution in [0.15, 0.2) is 58.5 Å². The van der Waals surface area contributed by atoms with Crippen molar-refractivity contribution in [1.82, 2.24) is 46.5 Å². The minimum atomic E-state index is -0.849. The highest BCUT2D eigenvalue weighted by Gasteiger charge is 2.23. The summed E-state index contributed by atoms with van der Waals surface area (Å²) in [4.78, 5) is 99.2. The molecule has 2 aromatic heterocycles. The van der Waals surface area contributed by atoms with Gasteiger partial charge in [-0.3, -0.25) is 30.0 Å². The number of nitrogens with two attached hydrogens (primary N) is 4. The van der Waals surface area contributed by atoms with Crippen LogP contribution in [0.5, 0.6) is 11.5 Å². The molecule has 2 heterocycles. The van der Waals surface area contributed by atoms with Crippen LogP contribution in [-0.4, -0.2) is 138 Å². The summed E-state index contributed by atoms with van der Waals surface area (Å²) in [5.74, 6) is -0.724. The minimum absolute atomic E-state index is 0.0912. The normalized spacial score (nSPS) is 11.8. The van der Waals surface area contributed by atoms with Gasteiger partial charge in [0.05, 0.1) is 19.8 Å². The van der Waals surface area contributed by atoms with Crippen LogP contribution in [0.1, 0.15) is 151 Å². The number of Topliss-reactive ketones (excluding diaryl/α,β-unsaturated/α-hetero) is 1. The molecule has 0 bridgehead atoms. The third-order valence-corrected chi connectivity index (χ3v) is 12.6. The van der Waals surface area contributed by atoms with Gasteiger partial charge in [0.1, 0.15) is 47.5 Å². The van der Waals surface area contributed by atoms with Crippen molar-refractivity contribution in [3.63, 3.8) is 0 Å². The number of urea groups is 1. The van der Waals surface area contributed by atoms with E-state index < -0.39 is 35.2 Å². The van der Waals surface area contributed by atoms with Gasteiger partial charge in [-0.15, -0.1) is 0 Å². The molecule has 0 spiro atoms. The van der Waals surface area contributed by atoms with Crippen molar-refractivity contribution in [2.45, 2.75) is 143 Å². The molecule has 4 aromatic rings. The van der Waals surface area contributed by atoms with E-state index in [9.17, 15) is 28.8 Å². The summed E-state index contributed by atoms with van der Waals surface area (Å²) >= 11 is 11.9. The summed E-state index contributed by atoms with van der Waals surface area (Å²) in [7, 11) is 0. The molecule has 6 amide bonds. The fourth-order valence-corrected chi connectivity index (χ4v) is 8.08. The number of nitrogens with one attached hydrogen (secondary N) is 5. The van der Waals surface area contributed by atoms with Crippen LogP contribution in [-0.2, 0) is 36.6 Å². The number of carbonyl (C=O) groups is 6. The zero-order valence-electron chi connectivity index (χ0n) is 51.0. The number of rotatable bonds is 34. The molecule has 27 nitrogen and oxygen atoms in total. The lowest BCUT2D eigenvalue weighted by atomic mass is 10.1. The summed E-state index contributed by atoms with van der Waals surface area (Å²) in [6, 6.07) is 15.2. The molecule has 0 aliphatic carbocycles. The number of guanidine groups is 1. The number of alkyl carbamates (subject to hydrolysis) is 1. The van der Waals surface area contributed by atoms with Gasteiger partial charge < -0.3 is 67.3 Å². The molecule has 0 saturated carbocycles. The van der Waals surface area contributed by atoms with Crippen LogP contribution in [0.3, 0.4) is 0 Å². The lowest BCUT2D eigenvalue weighted by molar-refractivity contribution is -0.119. The molecule has 0 saturated heterocycles. The molecule has 0 radical (unpaired) electrons. The summed E-state index contributed by atoms with van der Waals surface area (Å²) < 4.78 is 33.5. The second-order valence-electron chi connectivity index (χ2n) is 21.9. The van der Waals surface area contributed by atoms with E-state index in [0.717, 1.165) is 62.5 Å². The molecule has 0 aliphatic rings. The van der Waals surface area contributed by atoms with Gasteiger partial charge in [-0.1, -0.05) is 60.3 Å². The van der Waals surface area contributed by atoms with Crippen LogP contribution < -0.4 is 59.0 Å². The summed E-state index contributed by atoms with van der Waals surface area (Å²) in [5.41, 5.74) is 23.0. The molecule has 0 atom stereocenters. The molecule has 4 rings (SSSR count). The predicted octanol–water partition coefficient (Wildman–Crippen LogP) is 8.10. The Bertz CT molecular complexity index is 2960. The summed E-state index contributed by atoms with van der Waals surface area (Å²) in [5, 5.41) is 12.7. The zero-order chi connectivity index (χ0) is 64.5. The number of anilines is 4. The van der Waals surface area contributed by atoms with Crippen LogP contribution in [0, 0.1) is 0 Å². The molecule has 0 fully saturated rings.